The number of carbonyl (C=O) groups excluding carboxylic acids is 1. The molecule has 0 aliphatic carbocycles. The molecule has 1 unspecified atom stereocenters. The smallest absolute Gasteiger partial charge is 0.307 e. The number of hydrogen-bond donors (Lipinski definition) is 0. The summed E-state index contributed by atoms with van der Waals surface area (Å²) in [6.45, 7) is 1.34. The molecule has 1 atom stereocenters. The van der Waals surface area contributed by atoms with Crippen molar-refractivity contribution in [3.05, 3.63) is 35.1 Å². The zero-order valence-corrected chi connectivity index (χ0v) is 11.4. The van der Waals surface area contributed by atoms with Gasteiger partial charge in [-0.1, -0.05) is 0 Å². The van der Waals surface area contributed by atoms with Crippen LogP contribution in [0.3, 0.4) is 0 Å². The normalized spacial score (nSPS) is 18.8. The molecule has 4 nitrogen and oxygen atoms in total. The molecule has 106 valence electrons. The molecule has 0 spiro atoms. The first-order valence-corrected chi connectivity index (χ1v) is 6.63. The van der Waals surface area contributed by atoms with Gasteiger partial charge in [0.2, 0.25) is 0 Å². The zero-order valence-electron chi connectivity index (χ0n) is 11.4. The van der Waals surface area contributed by atoms with Crippen molar-refractivity contribution < 1.29 is 13.9 Å². The predicted molar refractivity (Wildman–Crippen MR) is 71.2 cm³/mol. The molecule has 1 aromatic rings. The molecule has 0 radical (unpaired) electrons. The molecular formula is C15H17FN2O2. The van der Waals surface area contributed by atoms with Crippen LogP contribution in [0.15, 0.2) is 18.2 Å². The minimum Gasteiger partial charge on any atom is -0.469 e. The molecule has 1 fully saturated rings. The molecule has 1 aliphatic heterocycles. The Bertz CT molecular complexity index is 539. The molecule has 20 heavy (non-hydrogen) atoms. The first kappa shape index (κ1) is 14.5. The van der Waals surface area contributed by atoms with Crippen LogP contribution in [0.2, 0.25) is 0 Å². The van der Waals surface area contributed by atoms with Gasteiger partial charge in [-0.2, -0.15) is 5.26 Å². The molecule has 2 rings (SSSR count). The fourth-order valence-electron chi connectivity index (χ4n) is 2.63. The van der Waals surface area contributed by atoms with Gasteiger partial charge in [-0.05, 0) is 43.1 Å². The number of benzene rings is 1. The summed E-state index contributed by atoms with van der Waals surface area (Å²) in [6, 6.07) is 6.37. The summed E-state index contributed by atoms with van der Waals surface area (Å²) in [5.74, 6) is -0.579. The van der Waals surface area contributed by atoms with E-state index in [-0.39, 0.29) is 17.8 Å². The predicted octanol–water partition coefficient (Wildman–Crippen LogP) is 2.22. The first-order valence-electron chi connectivity index (χ1n) is 6.63. The van der Waals surface area contributed by atoms with Crippen molar-refractivity contribution >= 4 is 5.97 Å². The fraction of sp³-hybridized carbons (Fsp3) is 0.467. The van der Waals surface area contributed by atoms with Crippen molar-refractivity contribution in [2.24, 2.45) is 0 Å². The summed E-state index contributed by atoms with van der Waals surface area (Å²) in [7, 11) is 1.38. The Hall–Kier alpha value is -1.93. The molecule has 0 amide bonds. The highest BCUT2D eigenvalue weighted by atomic mass is 19.1. The van der Waals surface area contributed by atoms with Crippen LogP contribution in [0.4, 0.5) is 4.39 Å². The van der Waals surface area contributed by atoms with E-state index in [0.717, 1.165) is 19.4 Å². The van der Waals surface area contributed by atoms with Gasteiger partial charge in [-0.25, -0.2) is 4.39 Å². The summed E-state index contributed by atoms with van der Waals surface area (Å²) < 4.78 is 18.0. The molecular weight excluding hydrogens is 259 g/mol. The Kier molecular flexibility index (Phi) is 4.70. The van der Waals surface area contributed by atoms with E-state index in [2.05, 4.69) is 11.0 Å². The number of carbonyl (C=O) groups is 1. The Morgan fingerprint density at radius 2 is 2.40 bits per heavy atom. The van der Waals surface area contributed by atoms with Crippen molar-refractivity contribution in [1.82, 2.24) is 4.90 Å². The van der Waals surface area contributed by atoms with Gasteiger partial charge in [-0.3, -0.25) is 9.69 Å². The minimum absolute atomic E-state index is 0.109. The highest BCUT2D eigenvalue weighted by Gasteiger charge is 2.27. The molecule has 1 aromatic carbocycles. The van der Waals surface area contributed by atoms with Gasteiger partial charge in [0.05, 0.1) is 25.2 Å². The zero-order chi connectivity index (χ0) is 14.5. The highest BCUT2D eigenvalue weighted by molar-refractivity contribution is 5.69. The van der Waals surface area contributed by atoms with Crippen molar-refractivity contribution in [1.29, 1.82) is 5.26 Å². The largest absolute Gasteiger partial charge is 0.469 e. The number of hydrogen-bond acceptors (Lipinski definition) is 4. The minimum atomic E-state index is -0.345. The molecule has 0 aromatic heterocycles. The number of nitrogens with zero attached hydrogens (tertiary/aromatic N) is 2. The van der Waals surface area contributed by atoms with Gasteiger partial charge in [0.1, 0.15) is 5.82 Å². The van der Waals surface area contributed by atoms with Gasteiger partial charge in [0, 0.05) is 12.6 Å². The van der Waals surface area contributed by atoms with Crippen LogP contribution < -0.4 is 0 Å². The number of ether oxygens (including phenoxy) is 1. The van der Waals surface area contributed by atoms with Crippen LogP contribution in [0.5, 0.6) is 0 Å². The Labute approximate surface area is 117 Å². The van der Waals surface area contributed by atoms with Crippen LogP contribution in [-0.2, 0) is 16.1 Å². The Balaban J connectivity index is 2.11. The number of rotatable bonds is 4. The number of nitriles is 1. The van der Waals surface area contributed by atoms with Crippen molar-refractivity contribution in [3.63, 3.8) is 0 Å². The number of esters is 1. The van der Waals surface area contributed by atoms with E-state index in [1.165, 1.54) is 25.3 Å². The lowest BCUT2D eigenvalue weighted by atomic mass is 10.1. The van der Waals surface area contributed by atoms with Crippen LogP contribution in [-0.4, -0.2) is 30.6 Å². The molecule has 0 bridgehead atoms. The third-order valence-electron chi connectivity index (χ3n) is 3.69. The maximum atomic E-state index is 13.3. The molecule has 1 heterocycles. The standard InChI is InChI=1S/C15H17FN2O2/c1-20-15(19)8-14-3-2-6-18(14)10-12-7-13(16)5-4-11(12)9-17/h4-5,7,14H,2-3,6,8,10H2,1H3. The second-order valence-corrected chi connectivity index (χ2v) is 4.96. The Morgan fingerprint density at radius 1 is 1.60 bits per heavy atom. The van der Waals surface area contributed by atoms with E-state index in [0.29, 0.717) is 24.1 Å². The second-order valence-electron chi connectivity index (χ2n) is 4.96. The maximum Gasteiger partial charge on any atom is 0.307 e. The monoisotopic (exact) mass is 276 g/mol. The van der Waals surface area contributed by atoms with E-state index in [1.54, 1.807) is 0 Å². The summed E-state index contributed by atoms with van der Waals surface area (Å²) in [5.41, 5.74) is 1.15. The van der Waals surface area contributed by atoms with E-state index < -0.39 is 0 Å². The summed E-state index contributed by atoms with van der Waals surface area (Å²) in [5, 5.41) is 9.07. The highest BCUT2D eigenvalue weighted by Crippen LogP contribution is 2.24. The van der Waals surface area contributed by atoms with Crippen molar-refractivity contribution in [3.8, 4) is 6.07 Å². The number of likely N-dealkylation sites (tertiary alicyclic amines) is 1. The molecule has 5 heteroatoms. The lowest BCUT2D eigenvalue weighted by molar-refractivity contribution is -0.141. The summed E-state index contributed by atoms with van der Waals surface area (Å²) in [6.07, 6.45) is 2.26. The van der Waals surface area contributed by atoms with Gasteiger partial charge in [0.15, 0.2) is 0 Å². The SMILES string of the molecule is COC(=O)CC1CCCN1Cc1cc(F)ccc1C#N. The maximum absolute atomic E-state index is 13.3. The van der Waals surface area contributed by atoms with Gasteiger partial charge in [-0.15, -0.1) is 0 Å². The molecule has 0 N–H and O–H groups in total. The van der Waals surface area contributed by atoms with Crippen LogP contribution >= 0.6 is 0 Å². The third-order valence-corrected chi connectivity index (χ3v) is 3.69. The molecule has 0 saturated carbocycles. The first-order chi connectivity index (χ1) is 9.63. The average molecular weight is 276 g/mol. The van der Waals surface area contributed by atoms with E-state index in [1.807, 2.05) is 0 Å². The van der Waals surface area contributed by atoms with E-state index in [9.17, 15) is 9.18 Å². The molecule has 1 saturated heterocycles. The van der Waals surface area contributed by atoms with E-state index in [4.69, 9.17) is 10.00 Å². The van der Waals surface area contributed by atoms with Crippen LogP contribution in [0.1, 0.15) is 30.4 Å². The number of halogens is 1. The molecule has 1 aliphatic rings. The van der Waals surface area contributed by atoms with Crippen molar-refractivity contribution in [2.45, 2.75) is 31.8 Å². The third kappa shape index (κ3) is 3.34. The van der Waals surface area contributed by atoms with Crippen LogP contribution in [0, 0.1) is 17.1 Å². The number of methoxy groups -OCH3 is 1. The van der Waals surface area contributed by atoms with Gasteiger partial charge < -0.3 is 4.74 Å². The van der Waals surface area contributed by atoms with Crippen LogP contribution in [0.25, 0.3) is 0 Å². The van der Waals surface area contributed by atoms with Gasteiger partial charge >= 0.3 is 5.97 Å². The second kappa shape index (κ2) is 6.49. The Morgan fingerprint density at radius 3 is 3.10 bits per heavy atom. The lowest BCUT2D eigenvalue weighted by Crippen LogP contribution is -2.31. The van der Waals surface area contributed by atoms with Crippen molar-refractivity contribution in [2.75, 3.05) is 13.7 Å². The average Bonchev–Trinajstić information content (AvgIpc) is 2.86. The quantitative estimate of drug-likeness (QED) is 0.791. The topological polar surface area (TPSA) is 53.3 Å². The fourth-order valence-corrected chi connectivity index (χ4v) is 2.63. The summed E-state index contributed by atoms with van der Waals surface area (Å²) in [4.78, 5) is 13.5. The van der Waals surface area contributed by atoms with E-state index >= 15 is 0 Å². The summed E-state index contributed by atoms with van der Waals surface area (Å²) >= 11 is 0. The lowest BCUT2D eigenvalue weighted by Gasteiger charge is -2.24. The van der Waals surface area contributed by atoms with Gasteiger partial charge in [0.25, 0.3) is 0 Å².